The number of rotatable bonds is 13. The van der Waals surface area contributed by atoms with E-state index in [9.17, 15) is 13.2 Å². The summed E-state index contributed by atoms with van der Waals surface area (Å²) in [5.41, 5.74) is 1.04. The molecule has 0 radical (unpaired) electrons. The molecule has 42 heavy (non-hydrogen) atoms. The fraction of sp³-hybridized carbons (Fsp3) is 0.500. The van der Waals surface area contributed by atoms with Crippen molar-refractivity contribution in [3.63, 3.8) is 0 Å². The molecule has 1 aliphatic carbocycles. The molecule has 226 valence electrons. The molecule has 0 bridgehead atoms. The Kier molecular flexibility index (Phi) is 10.0. The number of carbonyl (C=O) groups excluding carboxylic acids is 1. The van der Waals surface area contributed by atoms with E-state index >= 15 is 0 Å². The number of amides is 1. The SMILES string of the molecule is COCCCS(=O)(=O)c1ccc(/C(=N\O[C@@H]2CC[C@@H](OC)C2)C(=O)Nc2nc3ccc(OC4CCNC4)nc3s2)cc1. The second-order valence-corrected chi connectivity index (χ2v) is 13.3. The Balaban J connectivity index is 1.34. The van der Waals surface area contributed by atoms with Gasteiger partial charge in [0.2, 0.25) is 5.88 Å². The molecule has 3 heterocycles. The first-order chi connectivity index (χ1) is 20.3. The van der Waals surface area contributed by atoms with Gasteiger partial charge in [-0.1, -0.05) is 28.6 Å². The maximum absolute atomic E-state index is 13.5. The van der Waals surface area contributed by atoms with E-state index in [1.807, 2.05) is 6.07 Å². The molecule has 1 aliphatic heterocycles. The number of sulfone groups is 1. The maximum Gasteiger partial charge on any atom is 0.280 e. The van der Waals surface area contributed by atoms with Gasteiger partial charge < -0.3 is 24.4 Å². The zero-order valence-corrected chi connectivity index (χ0v) is 25.2. The monoisotopic (exact) mass is 617 g/mol. The summed E-state index contributed by atoms with van der Waals surface area (Å²) in [5.74, 6) is -0.0700. The zero-order valence-electron chi connectivity index (χ0n) is 23.6. The fourth-order valence-electron chi connectivity index (χ4n) is 4.87. The van der Waals surface area contributed by atoms with Crippen LogP contribution in [-0.4, -0.2) is 88.0 Å². The minimum Gasteiger partial charge on any atom is -0.473 e. The number of anilines is 1. The number of aromatic nitrogens is 2. The van der Waals surface area contributed by atoms with E-state index in [1.165, 1.54) is 30.6 Å². The van der Waals surface area contributed by atoms with E-state index in [4.69, 9.17) is 19.0 Å². The molecule has 3 atom stereocenters. The van der Waals surface area contributed by atoms with Crippen molar-refractivity contribution in [2.45, 2.75) is 55.3 Å². The zero-order chi connectivity index (χ0) is 29.5. The Morgan fingerprint density at radius 2 is 1.88 bits per heavy atom. The van der Waals surface area contributed by atoms with Crippen LogP contribution >= 0.6 is 11.3 Å². The molecule has 1 aromatic carbocycles. The summed E-state index contributed by atoms with van der Waals surface area (Å²) in [6.45, 7) is 2.05. The van der Waals surface area contributed by atoms with Gasteiger partial charge in [0.1, 0.15) is 22.6 Å². The van der Waals surface area contributed by atoms with Gasteiger partial charge in [0.25, 0.3) is 5.91 Å². The summed E-state index contributed by atoms with van der Waals surface area (Å²) in [6.07, 6.45) is 3.52. The van der Waals surface area contributed by atoms with E-state index in [0.717, 1.165) is 32.4 Å². The van der Waals surface area contributed by atoms with Crippen LogP contribution in [0.3, 0.4) is 0 Å². The molecular formula is C28H35N5O7S2. The first-order valence-electron chi connectivity index (χ1n) is 13.9. The van der Waals surface area contributed by atoms with Crippen molar-refractivity contribution in [2.24, 2.45) is 5.16 Å². The quantitative estimate of drug-likeness (QED) is 0.166. The molecule has 2 aromatic heterocycles. The molecule has 2 N–H and O–H groups in total. The lowest BCUT2D eigenvalue weighted by atomic mass is 10.1. The number of oxime groups is 1. The minimum atomic E-state index is -3.50. The molecule has 1 saturated carbocycles. The lowest BCUT2D eigenvalue weighted by Crippen LogP contribution is -2.25. The number of fused-ring (bicyclic) bond motifs is 1. The van der Waals surface area contributed by atoms with Crippen molar-refractivity contribution >= 4 is 48.3 Å². The van der Waals surface area contributed by atoms with E-state index in [0.29, 0.717) is 46.4 Å². The topological polar surface area (TPSA) is 150 Å². The summed E-state index contributed by atoms with van der Waals surface area (Å²) >= 11 is 1.22. The van der Waals surface area contributed by atoms with Crippen LogP contribution in [0.25, 0.3) is 10.3 Å². The van der Waals surface area contributed by atoms with Crippen LogP contribution in [0.15, 0.2) is 46.4 Å². The van der Waals surface area contributed by atoms with Gasteiger partial charge in [0, 0.05) is 45.4 Å². The molecule has 5 rings (SSSR count). The molecule has 1 unspecified atom stereocenters. The fourth-order valence-corrected chi connectivity index (χ4v) is 6.98. The van der Waals surface area contributed by atoms with Crippen molar-refractivity contribution in [3.05, 3.63) is 42.0 Å². The van der Waals surface area contributed by atoms with Gasteiger partial charge in [-0.15, -0.1) is 0 Å². The Labute approximate surface area is 248 Å². The molecule has 3 aromatic rings. The lowest BCUT2D eigenvalue weighted by molar-refractivity contribution is -0.110. The molecule has 2 aliphatic rings. The van der Waals surface area contributed by atoms with Crippen molar-refractivity contribution < 1.29 is 32.3 Å². The van der Waals surface area contributed by atoms with Crippen LogP contribution < -0.4 is 15.4 Å². The highest BCUT2D eigenvalue weighted by Gasteiger charge is 2.27. The van der Waals surface area contributed by atoms with Crippen LogP contribution in [0, 0.1) is 0 Å². The Morgan fingerprint density at radius 1 is 1.07 bits per heavy atom. The number of benzene rings is 1. The van der Waals surface area contributed by atoms with Gasteiger partial charge in [-0.25, -0.2) is 18.4 Å². The van der Waals surface area contributed by atoms with E-state index in [1.54, 1.807) is 25.3 Å². The van der Waals surface area contributed by atoms with Crippen molar-refractivity contribution in [2.75, 3.05) is 45.0 Å². The Morgan fingerprint density at radius 3 is 2.60 bits per heavy atom. The lowest BCUT2D eigenvalue weighted by Gasteiger charge is -2.12. The van der Waals surface area contributed by atoms with Gasteiger partial charge in [0.05, 0.1) is 16.8 Å². The third kappa shape index (κ3) is 7.61. The predicted molar refractivity (Wildman–Crippen MR) is 159 cm³/mol. The van der Waals surface area contributed by atoms with E-state index < -0.39 is 15.7 Å². The average Bonchev–Trinajstić information content (AvgIpc) is 3.75. The second-order valence-electron chi connectivity index (χ2n) is 10.2. The van der Waals surface area contributed by atoms with Crippen LogP contribution in [0.4, 0.5) is 5.13 Å². The summed E-state index contributed by atoms with van der Waals surface area (Å²) in [5, 5.41) is 10.6. The van der Waals surface area contributed by atoms with Crippen LogP contribution in [0.5, 0.6) is 5.88 Å². The van der Waals surface area contributed by atoms with E-state index in [2.05, 4.69) is 25.8 Å². The molecular weight excluding hydrogens is 582 g/mol. The number of nitrogens with one attached hydrogen (secondary N) is 2. The number of thiazole rings is 1. The predicted octanol–water partition coefficient (Wildman–Crippen LogP) is 3.17. The summed E-state index contributed by atoms with van der Waals surface area (Å²) in [4.78, 5) is 29.1. The highest BCUT2D eigenvalue weighted by atomic mass is 32.2. The van der Waals surface area contributed by atoms with Gasteiger partial charge in [-0.3, -0.25) is 10.1 Å². The van der Waals surface area contributed by atoms with Crippen LogP contribution in [-0.2, 0) is 28.9 Å². The molecule has 1 saturated heterocycles. The number of ether oxygens (including phenoxy) is 3. The number of hydrogen-bond acceptors (Lipinski definition) is 12. The first kappa shape index (κ1) is 30.3. The third-order valence-corrected chi connectivity index (χ3v) is 9.88. The van der Waals surface area contributed by atoms with Gasteiger partial charge in [-0.05, 0) is 50.4 Å². The number of hydrogen-bond donors (Lipinski definition) is 2. The highest BCUT2D eigenvalue weighted by molar-refractivity contribution is 7.91. The smallest absolute Gasteiger partial charge is 0.280 e. The van der Waals surface area contributed by atoms with Crippen LogP contribution in [0.1, 0.15) is 37.7 Å². The number of nitrogens with zero attached hydrogens (tertiary/aromatic N) is 3. The number of methoxy groups -OCH3 is 2. The van der Waals surface area contributed by atoms with Gasteiger partial charge in [0.15, 0.2) is 20.7 Å². The average molecular weight is 618 g/mol. The van der Waals surface area contributed by atoms with Crippen molar-refractivity contribution in [1.29, 1.82) is 0 Å². The standard InChI is InChI=1S/C28H35N5O7S2/c1-37-14-3-15-42(35,36)22-8-4-18(5-9-22)25(33-40-20-7-6-19(16-20)38-2)26(34)32-28-30-23-10-11-24(31-27(23)41-28)39-21-12-13-29-17-21/h4-5,8-11,19-21,29H,3,6-7,12-17H2,1-2H3,(H,30,32,34)/b33-25+/t19-,20-,21?/m1/s1. The van der Waals surface area contributed by atoms with Crippen molar-refractivity contribution in [1.82, 2.24) is 15.3 Å². The highest BCUT2D eigenvalue weighted by Crippen LogP contribution is 2.28. The minimum absolute atomic E-state index is 0.00386. The number of carbonyl (C=O) groups is 1. The Bertz CT molecular complexity index is 1500. The molecule has 14 heteroatoms. The summed E-state index contributed by atoms with van der Waals surface area (Å²) in [7, 11) is -0.309. The number of pyridine rings is 1. The van der Waals surface area contributed by atoms with E-state index in [-0.39, 0.29) is 34.7 Å². The van der Waals surface area contributed by atoms with Crippen LogP contribution in [0.2, 0.25) is 0 Å². The Hall–Kier alpha value is -3.17. The molecule has 0 spiro atoms. The molecule has 12 nitrogen and oxygen atoms in total. The maximum atomic E-state index is 13.5. The first-order valence-corrected chi connectivity index (χ1v) is 16.4. The van der Waals surface area contributed by atoms with Gasteiger partial charge >= 0.3 is 0 Å². The normalized spacial score (nSPS) is 21.1. The second kappa shape index (κ2) is 13.9. The molecule has 2 fully saturated rings. The largest absolute Gasteiger partial charge is 0.473 e. The summed E-state index contributed by atoms with van der Waals surface area (Å²) < 4.78 is 41.7. The summed E-state index contributed by atoms with van der Waals surface area (Å²) in [6, 6.07) is 9.63. The third-order valence-electron chi connectivity index (χ3n) is 7.18. The molecule has 1 amide bonds. The van der Waals surface area contributed by atoms with Gasteiger partial charge in [-0.2, -0.15) is 0 Å². The van der Waals surface area contributed by atoms with Crippen molar-refractivity contribution in [3.8, 4) is 5.88 Å².